The van der Waals surface area contributed by atoms with Crippen LogP contribution in [0.5, 0.6) is 5.75 Å². The highest BCUT2D eigenvalue weighted by molar-refractivity contribution is 7.92. The summed E-state index contributed by atoms with van der Waals surface area (Å²) in [6.45, 7) is 8.19. The van der Waals surface area contributed by atoms with Crippen LogP contribution < -0.4 is 9.04 Å². The molecule has 0 fully saturated rings. The Morgan fingerprint density at radius 3 is 2.58 bits per heavy atom. The maximum absolute atomic E-state index is 13.5. The Morgan fingerprint density at radius 2 is 1.88 bits per heavy atom. The van der Waals surface area contributed by atoms with Crippen molar-refractivity contribution in [2.45, 2.75) is 45.1 Å². The Balaban J connectivity index is 2.14. The smallest absolute Gasteiger partial charge is 0.264 e. The minimum absolute atomic E-state index is 0.257. The summed E-state index contributed by atoms with van der Waals surface area (Å²) < 4.78 is 33.9. The molecule has 0 saturated heterocycles. The third kappa shape index (κ3) is 3.08. The molecule has 3 rings (SSSR count). The normalized spacial score (nSPS) is 17.1. The zero-order chi connectivity index (χ0) is 19.1. The van der Waals surface area contributed by atoms with E-state index in [4.69, 9.17) is 4.74 Å². The van der Waals surface area contributed by atoms with Crippen LogP contribution in [0.1, 0.15) is 41.7 Å². The number of benzene rings is 2. The number of rotatable bonds is 4. The van der Waals surface area contributed by atoms with Gasteiger partial charge in [0.25, 0.3) is 10.0 Å². The molecule has 0 bridgehead atoms. The zero-order valence-corrected chi connectivity index (χ0v) is 16.4. The van der Waals surface area contributed by atoms with Gasteiger partial charge in [-0.15, -0.1) is 0 Å². The van der Waals surface area contributed by atoms with E-state index in [9.17, 15) is 13.5 Å². The fourth-order valence-corrected chi connectivity index (χ4v) is 5.37. The van der Waals surface area contributed by atoms with Gasteiger partial charge in [-0.3, -0.25) is 4.31 Å². The van der Waals surface area contributed by atoms with Crippen molar-refractivity contribution < 1.29 is 18.3 Å². The van der Waals surface area contributed by atoms with Crippen LogP contribution in [0, 0.1) is 20.8 Å². The number of fused-ring (bicyclic) bond motifs is 1. The molecule has 5 nitrogen and oxygen atoms in total. The van der Waals surface area contributed by atoms with Crippen molar-refractivity contribution in [1.29, 1.82) is 0 Å². The molecular weight excluding hydrogens is 350 g/mol. The summed E-state index contributed by atoms with van der Waals surface area (Å²) in [6, 6.07) is 8.97. The molecule has 2 aromatic carbocycles. The molecule has 0 saturated carbocycles. The molecule has 140 valence electrons. The molecule has 1 N–H and O–H groups in total. The number of anilines is 1. The van der Waals surface area contributed by atoms with Crippen LogP contribution in [0.4, 0.5) is 5.69 Å². The topological polar surface area (TPSA) is 66.8 Å². The summed E-state index contributed by atoms with van der Waals surface area (Å²) in [5.41, 5.74) is 3.54. The van der Waals surface area contributed by atoms with E-state index in [1.54, 1.807) is 25.1 Å². The first-order valence-corrected chi connectivity index (χ1v) is 10.3. The molecular formula is C20H25NO4S. The van der Waals surface area contributed by atoms with Crippen LogP contribution in [-0.2, 0) is 10.0 Å². The van der Waals surface area contributed by atoms with Gasteiger partial charge < -0.3 is 9.84 Å². The molecule has 2 aromatic rings. The Hall–Kier alpha value is -2.05. The fraction of sp³-hybridized carbons (Fsp3) is 0.400. The number of sulfonamides is 1. The molecule has 1 atom stereocenters. The quantitative estimate of drug-likeness (QED) is 0.886. The van der Waals surface area contributed by atoms with Gasteiger partial charge in [0.15, 0.2) is 0 Å². The molecule has 6 heteroatoms. The number of aryl methyl sites for hydroxylation is 3. The van der Waals surface area contributed by atoms with Crippen LogP contribution in [0.3, 0.4) is 0 Å². The van der Waals surface area contributed by atoms with Gasteiger partial charge in [0, 0.05) is 12.1 Å². The number of ether oxygens (including phenoxy) is 1. The van der Waals surface area contributed by atoms with Crippen molar-refractivity contribution in [3.63, 3.8) is 0 Å². The molecule has 1 aliphatic rings. The Bertz CT molecular complexity index is 937. The standard InChI is InChI=1S/C20H25NO4S/c1-5-25-18-11-15(4)19(12-14(18)3)26(23,24)21-10-9-17(22)16-8-6-7-13(2)20(16)21/h6-8,11-12,17,22H,5,9-10H2,1-4H3. The maximum atomic E-state index is 13.5. The van der Waals surface area contributed by atoms with Gasteiger partial charge in [0.1, 0.15) is 5.75 Å². The van der Waals surface area contributed by atoms with Crippen molar-refractivity contribution in [2.24, 2.45) is 0 Å². The van der Waals surface area contributed by atoms with Crippen LogP contribution >= 0.6 is 0 Å². The van der Waals surface area contributed by atoms with Gasteiger partial charge in [-0.1, -0.05) is 18.2 Å². The molecule has 0 aromatic heterocycles. The second-order valence-electron chi connectivity index (χ2n) is 6.71. The highest BCUT2D eigenvalue weighted by Gasteiger charge is 2.34. The van der Waals surface area contributed by atoms with E-state index in [1.165, 1.54) is 4.31 Å². The lowest BCUT2D eigenvalue weighted by Crippen LogP contribution is -2.37. The van der Waals surface area contributed by atoms with Crippen LogP contribution in [0.2, 0.25) is 0 Å². The lowest BCUT2D eigenvalue weighted by atomic mass is 9.98. The van der Waals surface area contributed by atoms with E-state index in [1.807, 2.05) is 32.9 Å². The first-order chi connectivity index (χ1) is 12.3. The lowest BCUT2D eigenvalue weighted by Gasteiger charge is -2.34. The Morgan fingerprint density at radius 1 is 1.15 bits per heavy atom. The minimum Gasteiger partial charge on any atom is -0.494 e. The predicted molar refractivity (Wildman–Crippen MR) is 102 cm³/mol. The lowest BCUT2D eigenvalue weighted by molar-refractivity contribution is 0.166. The molecule has 0 aliphatic carbocycles. The highest BCUT2D eigenvalue weighted by Crippen LogP contribution is 2.40. The van der Waals surface area contributed by atoms with Gasteiger partial charge >= 0.3 is 0 Å². The van der Waals surface area contributed by atoms with E-state index >= 15 is 0 Å². The first-order valence-electron chi connectivity index (χ1n) is 8.81. The number of hydrogen-bond donors (Lipinski definition) is 1. The molecule has 0 amide bonds. The molecule has 1 heterocycles. The first kappa shape index (κ1) is 18.7. The summed E-state index contributed by atoms with van der Waals surface area (Å²) in [5.74, 6) is 0.703. The average molecular weight is 375 g/mol. The summed E-state index contributed by atoms with van der Waals surface area (Å²) in [7, 11) is -3.74. The van der Waals surface area contributed by atoms with Crippen molar-refractivity contribution in [3.8, 4) is 5.75 Å². The predicted octanol–water partition coefficient (Wildman–Crippen LogP) is 3.64. The second kappa shape index (κ2) is 6.93. The third-order valence-electron chi connectivity index (χ3n) is 4.82. The molecule has 26 heavy (non-hydrogen) atoms. The van der Waals surface area contributed by atoms with Crippen LogP contribution in [-0.4, -0.2) is 26.7 Å². The zero-order valence-electron chi connectivity index (χ0n) is 15.6. The third-order valence-corrected chi connectivity index (χ3v) is 6.76. The van der Waals surface area contributed by atoms with Gasteiger partial charge in [-0.25, -0.2) is 8.42 Å². The van der Waals surface area contributed by atoms with Gasteiger partial charge in [-0.05, 0) is 62.9 Å². The monoisotopic (exact) mass is 375 g/mol. The molecule has 0 radical (unpaired) electrons. The SMILES string of the molecule is CCOc1cc(C)c(S(=O)(=O)N2CCC(O)c3cccc(C)c32)cc1C. The van der Waals surface area contributed by atoms with Crippen molar-refractivity contribution in [1.82, 2.24) is 0 Å². The van der Waals surface area contributed by atoms with Crippen molar-refractivity contribution in [3.05, 3.63) is 52.6 Å². The summed E-state index contributed by atoms with van der Waals surface area (Å²) in [5, 5.41) is 10.3. The summed E-state index contributed by atoms with van der Waals surface area (Å²) in [4.78, 5) is 0.282. The minimum atomic E-state index is -3.74. The molecule has 0 spiro atoms. The van der Waals surface area contributed by atoms with Crippen LogP contribution in [0.25, 0.3) is 0 Å². The number of hydrogen-bond acceptors (Lipinski definition) is 4. The largest absolute Gasteiger partial charge is 0.494 e. The van der Waals surface area contributed by atoms with E-state index in [0.717, 1.165) is 11.1 Å². The summed E-state index contributed by atoms with van der Waals surface area (Å²) in [6.07, 6.45) is -0.260. The van der Waals surface area contributed by atoms with Gasteiger partial charge in [0.05, 0.1) is 23.3 Å². The van der Waals surface area contributed by atoms with Gasteiger partial charge in [0.2, 0.25) is 0 Å². The van der Waals surface area contributed by atoms with Gasteiger partial charge in [-0.2, -0.15) is 0 Å². The highest BCUT2D eigenvalue weighted by atomic mass is 32.2. The second-order valence-corrected chi connectivity index (χ2v) is 8.54. The van der Waals surface area contributed by atoms with Crippen molar-refractivity contribution in [2.75, 3.05) is 17.5 Å². The van der Waals surface area contributed by atoms with E-state index in [0.29, 0.717) is 35.6 Å². The molecule has 1 aliphatic heterocycles. The fourth-order valence-electron chi connectivity index (χ4n) is 3.51. The summed E-state index contributed by atoms with van der Waals surface area (Å²) >= 11 is 0. The number of nitrogens with zero attached hydrogens (tertiary/aromatic N) is 1. The van der Waals surface area contributed by atoms with E-state index in [-0.39, 0.29) is 11.4 Å². The maximum Gasteiger partial charge on any atom is 0.264 e. The number of aliphatic hydroxyl groups excluding tert-OH is 1. The van der Waals surface area contributed by atoms with E-state index in [2.05, 4.69) is 0 Å². The Kier molecular flexibility index (Phi) is 4.99. The average Bonchev–Trinajstić information content (AvgIpc) is 2.59. The van der Waals surface area contributed by atoms with E-state index < -0.39 is 16.1 Å². The Labute approximate surface area is 155 Å². The molecule has 1 unspecified atom stereocenters. The van der Waals surface area contributed by atoms with Crippen LogP contribution in [0.15, 0.2) is 35.2 Å². The number of aliphatic hydroxyl groups is 1. The van der Waals surface area contributed by atoms with Crippen molar-refractivity contribution >= 4 is 15.7 Å². The number of para-hydroxylation sites is 1.